The Bertz CT molecular complexity index is 752. The lowest BCUT2D eigenvalue weighted by molar-refractivity contribution is 0.318. The van der Waals surface area contributed by atoms with E-state index in [9.17, 15) is 5.11 Å². The minimum absolute atomic E-state index is 0.0801. The summed E-state index contributed by atoms with van der Waals surface area (Å²) >= 11 is 11.2. The van der Waals surface area contributed by atoms with Crippen molar-refractivity contribution in [2.24, 2.45) is 5.10 Å². The van der Waals surface area contributed by atoms with Gasteiger partial charge >= 0.3 is 0 Å². The maximum absolute atomic E-state index is 9.83. The van der Waals surface area contributed by atoms with Crippen molar-refractivity contribution in [2.75, 3.05) is 6.61 Å². The highest BCUT2D eigenvalue weighted by molar-refractivity contribution is 7.71. The molecule has 1 aromatic heterocycles. The zero-order chi connectivity index (χ0) is 16.3. The summed E-state index contributed by atoms with van der Waals surface area (Å²) in [5, 5.41) is 21.2. The molecule has 2 rings (SSSR count). The predicted molar refractivity (Wildman–Crippen MR) is 88.8 cm³/mol. The van der Waals surface area contributed by atoms with Crippen molar-refractivity contribution in [3.05, 3.63) is 33.3 Å². The van der Waals surface area contributed by atoms with Gasteiger partial charge in [0, 0.05) is 5.92 Å². The lowest BCUT2D eigenvalue weighted by Gasteiger charge is -2.08. The standard InChI is InChI=1S/C14H17ClN4O2S/c1-4-21-11-6-9(5-10(15)12(11)20)7-16-19-13(8(2)3)17-18-14(19)22/h5-8,20H,4H2,1-3H3,(H,18,22)/b16-7-. The molecule has 0 fully saturated rings. The van der Waals surface area contributed by atoms with E-state index in [0.717, 1.165) is 5.82 Å². The normalized spacial score (nSPS) is 11.5. The van der Waals surface area contributed by atoms with E-state index in [1.807, 2.05) is 20.8 Å². The molecular formula is C14H17ClN4O2S. The molecule has 0 aliphatic carbocycles. The molecule has 118 valence electrons. The van der Waals surface area contributed by atoms with Crippen LogP contribution in [0.4, 0.5) is 0 Å². The number of phenolic OH excluding ortho intramolecular Hbond substituents is 1. The molecular weight excluding hydrogens is 324 g/mol. The van der Waals surface area contributed by atoms with Crippen LogP contribution in [0.3, 0.4) is 0 Å². The minimum atomic E-state index is -0.0801. The molecule has 1 aromatic carbocycles. The highest BCUT2D eigenvalue weighted by Gasteiger charge is 2.10. The van der Waals surface area contributed by atoms with E-state index >= 15 is 0 Å². The van der Waals surface area contributed by atoms with Gasteiger partial charge in [-0.05, 0) is 36.8 Å². The summed E-state index contributed by atoms with van der Waals surface area (Å²) in [5.74, 6) is 1.14. The molecule has 1 heterocycles. The number of benzene rings is 1. The third-order valence-electron chi connectivity index (χ3n) is 2.86. The molecule has 0 unspecified atom stereocenters. The van der Waals surface area contributed by atoms with E-state index in [1.165, 1.54) is 0 Å². The molecule has 0 aliphatic heterocycles. The number of ether oxygens (including phenoxy) is 1. The molecule has 0 saturated carbocycles. The molecule has 22 heavy (non-hydrogen) atoms. The first-order chi connectivity index (χ1) is 10.4. The van der Waals surface area contributed by atoms with Gasteiger partial charge in [0.05, 0.1) is 17.8 Å². The van der Waals surface area contributed by atoms with Crippen LogP contribution in [0.2, 0.25) is 5.02 Å². The largest absolute Gasteiger partial charge is 0.503 e. The van der Waals surface area contributed by atoms with E-state index in [2.05, 4.69) is 15.3 Å². The number of nitrogens with one attached hydrogen (secondary N) is 1. The average Bonchev–Trinajstić information content (AvgIpc) is 2.83. The quantitative estimate of drug-likeness (QED) is 0.642. The van der Waals surface area contributed by atoms with Crippen LogP contribution < -0.4 is 4.74 Å². The Morgan fingerprint density at radius 3 is 2.91 bits per heavy atom. The number of rotatable bonds is 5. The Morgan fingerprint density at radius 1 is 1.55 bits per heavy atom. The third-order valence-corrected chi connectivity index (χ3v) is 3.42. The van der Waals surface area contributed by atoms with Crippen molar-refractivity contribution in [2.45, 2.75) is 26.7 Å². The van der Waals surface area contributed by atoms with Crippen molar-refractivity contribution in [1.29, 1.82) is 0 Å². The van der Waals surface area contributed by atoms with Gasteiger partial charge in [-0.25, -0.2) is 0 Å². The van der Waals surface area contributed by atoms with Gasteiger partial charge in [-0.15, -0.1) is 0 Å². The molecule has 0 aliphatic rings. The van der Waals surface area contributed by atoms with Crippen LogP contribution in [0, 0.1) is 4.77 Å². The van der Waals surface area contributed by atoms with Crippen LogP contribution in [0.25, 0.3) is 0 Å². The van der Waals surface area contributed by atoms with Crippen LogP contribution in [0.1, 0.15) is 38.1 Å². The van der Waals surface area contributed by atoms with Crippen LogP contribution in [-0.2, 0) is 0 Å². The number of hydrogen-bond donors (Lipinski definition) is 2. The van der Waals surface area contributed by atoms with Gasteiger partial charge in [0.2, 0.25) is 4.77 Å². The minimum Gasteiger partial charge on any atom is -0.503 e. The summed E-state index contributed by atoms with van der Waals surface area (Å²) in [7, 11) is 0. The summed E-state index contributed by atoms with van der Waals surface area (Å²) in [5.41, 5.74) is 0.684. The molecule has 6 nitrogen and oxygen atoms in total. The number of phenols is 1. The first kappa shape index (κ1) is 16.5. The Kier molecular flexibility index (Phi) is 5.20. The van der Waals surface area contributed by atoms with Crippen molar-refractivity contribution in [1.82, 2.24) is 14.9 Å². The molecule has 0 bridgehead atoms. The first-order valence-corrected chi connectivity index (χ1v) is 7.59. The first-order valence-electron chi connectivity index (χ1n) is 6.81. The Hall–Kier alpha value is -1.86. The number of H-pyrrole nitrogens is 1. The maximum atomic E-state index is 9.83. The Balaban J connectivity index is 2.39. The van der Waals surface area contributed by atoms with E-state index in [-0.39, 0.29) is 16.7 Å². The fourth-order valence-corrected chi connectivity index (χ4v) is 2.25. The average molecular weight is 341 g/mol. The number of hydrogen-bond acceptors (Lipinski definition) is 5. The molecule has 0 amide bonds. The Labute approximate surface area is 138 Å². The topological polar surface area (TPSA) is 75.4 Å². The second-order valence-electron chi connectivity index (χ2n) is 4.88. The molecule has 0 atom stereocenters. The number of aromatic hydroxyl groups is 1. The van der Waals surface area contributed by atoms with Crippen LogP contribution in [0.15, 0.2) is 17.2 Å². The van der Waals surface area contributed by atoms with Gasteiger partial charge in [0.25, 0.3) is 0 Å². The molecule has 0 radical (unpaired) electrons. The summed E-state index contributed by atoms with van der Waals surface area (Å²) in [6.07, 6.45) is 1.59. The summed E-state index contributed by atoms with van der Waals surface area (Å²) in [6.45, 7) is 6.26. The van der Waals surface area contributed by atoms with Gasteiger partial charge < -0.3 is 9.84 Å². The van der Waals surface area contributed by atoms with Crippen LogP contribution >= 0.6 is 23.8 Å². The number of aromatic amines is 1. The van der Waals surface area contributed by atoms with E-state index in [1.54, 1.807) is 23.0 Å². The summed E-state index contributed by atoms with van der Waals surface area (Å²) in [6, 6.07) is 3.26. The fraction of sp³-hybridized carbons (Fsp3) is 0.357. The summed E-state index contributed by atoms with van der Waals surface area (Å²) in [4.78, 5) is 0. The van der Waals surface area contributed by atoms with Gasteiger partial charge in [-0.3, -0.25) is 5.10 Å². The van der Waals surface area contributed by atoms with Crippen molar-refractivity contribution in [3.8, 4) is 11.5 Å². The van der Waals surface area contributed by atoms with Gasteiger partial charge in [-0.1, -0.05) is 25.4 Å². The highest BCUT2D eigenvalue weighted by atomic mass is 35.5. The lowest BCUT2D eigenvalue weighted by Crippen LogP contribution is -2.01. The fourth-order valence-electron chi connectivity index (χ4n) is 1.85. The number of halogens is 1. The smallest absolute Gasteiger partial charge is 0.216 e. The molecule has 2 N–H and O–H groups in total. The third kappa shape index (κ3) is 3.48. The number of aromatic nitrogens is 3. The van der Waals surface area contributed by atoms with Crippen LogP contribution in [0.5, 0.6) is 11.5 Å². The second-order valence-corrected chi connectivity index (χ2v) is 5.67. The highest BCUT2D eigenvalue weighted by Crippen LogP contribution is 2.34. The monoisotopic (exact) mass is 340 g/mol. The predicted octanol–water partition coefficient (Wildman–Crippen LogP) is 3.70. The number of nitrogens with zero attached hydrogens (tertiary/aromatic N) is 3. The van der Waals surface area contributed by atoms with E-state index < -0.39 is 0 Å². The molecule has 2 aromatic rings. The van der Waals surface area contributed by atoms with Crippen molar-refractivity contribution in [3.63, 3.8) is 0 Å². The van der Waals surface area contributed by atoms with E-state index in [4.69, 9.17) is 28.6 Å². The van der Waals surface area contributed by atoms with Gasteiger partial charge in [0.15, 0.2) is 17.3 Å². The van der Waals surface area contributed by atoms with Crippen LogP contribution in [-0.4, -0.2) is 32.8 Å². The van der Waals surface area contributed by atoms with Gasteiger partial charge in [-0.2, -0.15) is 14.9 Å². The zero-order valence-electron chi connectivity index (χ0n) is 12.5. The Morgan fingerprint density at radius 2 is 2.27 bits per heavy atom. The van der Waals surface area contributed by atoms with Crippen molar-refractivity contribution < 1.29 is 9.84 Å². The maximum Gasteiger partial charge on any atom is 0.216 e. The van der Waals surface area contributed by atoms with Crippen molar-refractivity contribution >= 4 is 30.0 Å². The SMILES string of the molecule is CCOc1cc(/C=N\n2c(C(C)C)n[nH]c2=S)cc(Cl)c1O. The lowest BCUT2D eigenvalue weighted by atomic mass is 10.2. The molecule has 8 heteroatoms. The van der Waals surface area contributed by atoms with Gasteiger partial charge in [0.1, 0.15) is 0 Å². The second kappa shape index (κ2) is 6.93. The summed E-state index contributed by atoms with van der Waals surface area (Å²) < 4.78 is 7.31. The molecule has 0 saturated heterocycles. The zero-order valence-corrected chi connectivity index (χ0v) is 14.1. The molecule has 0 spiro atoms. The van der Waals surface area contributed by atoms with E-state index in [0.29, 0.717) is 22.7 Å².